The van der Waals surface area contributed by atoms with Gasteiger partial charge in [0.15, 0.2) is 0 Å². The van der Waals surface area contributed by atoms with Gasteiger partial charge in [-0.05, 0) is 24.6 Å². The monoisotopic (exact) mass is 483 g/mol. The minimum Gasteiger partial charge on any atom is -0.371 e. The Bertz CT molecular complexity index is 490. The Kier molecular flexibility index (Phi) is 7.93. The molecule has 0 aliphatic carbocycles. The summed E-state index contributed by atoms with van der Waals surface area (Å²) in [5.41, 5.74) is 0.806. The van der Waals surface area contributed by atoms with Gasteiger partial charge in [0, 0.05) is 23.3 Å². The van der Waals surface area contributed by atoms with Crippen molar-refractivity contribution in [3.05, 3.63) is 41.0 Å². The summed E-state index contributed by atoms with van der Waals surface area (Å²) in [6, 6.07) is 2.82. The second-order valence-corrected chi connectivity index (χ2v) is 10.9. The second-order valence-electron chi connectivity index (χ2n) is 4.05. The molecule has 1 nitrogen and oxygen atoms in total. The van der Waals surface area contributed by atoms with Crippen LogP contribution in [0.3, 0.4) is 0 Å². The maximum Gasteiger partial charge on any atom is 0.216 e. The van der Waals surface area contributed by atoms with Crippen LogP contribution in [0.25, 0.3) is 0 Å². The highest BCUT2D eigenvalue weighted by Crippen LogP contribution is 2.50. The van der Waals surface area contributed by atoms with E-state index in [0.29, 0.717) is 12.2 Å². The Balaban J connectivity index is 3.70. The molecule has 125 valence electrons. The van der Waals surface area contributed by atoms with Crippen LogP contribution < -0.4 is 0 Å². The fraction of sp³-hybridized carbons (Fsp3) is 0.417. The zero-order chi connectivity index (χ0) is 17.3. The standard InChI is InChI=1S/C12H8Cl9O/c1-2-22-5-7-8(11(16,17)18)3-6(10(13,14)15)4-9(7)12(19,20)21/h3-5H,2H2,1H3. The van der Waals surface area contributed by atoms with Crippen LogP contribution in [0.1, 0.15) is 29.2 Å². The van der Waals surface area contributed by atoms with Crippen molar-refractivity contribution in [3.63, 3.8) is 0 Å². The minimum absolute atomic E-state index is 0.163. The van der Waals surface area contributed by atoms with E-state index in [9.17, 15) is 0 Å². The molecular weight excluding hydrogens is 479 g/mol. The number of ether oxygens (including phenoxy) is 1. The van der Waals surface area contributed by atoms with E-state index < -0.39 is 11.4 Å². The normalized spacial score (nSPS) is 13.5. The first-order valence-corrected chi connectivity index (χ1v) is 9.03. The molecule has 0 unspecified atom stereocenters. The van der Waals surface area contributed by atoms with Crippen LogP contribution in [0, 0.1) is 6.61 Å². The molecule has 0 amide bonds. The number of rotatable bonds is 3. The molecule has 1 radical (unpaired) electrons. The van der Waals surface area contributed by atoms with Crippen LogP contribution in [-0.2, 0) is 16.1 Å². The molecule has 0 aliphatic heterocycles. The summed E-state index contributed by atoms with van der Waals surface area (Å²) >= 11 is 53.6. The highest BCUT2D eigenvalue weighted by Gasteiger charge is 2.37. The van der Waals surface area contributed by atoms with Crippen molar-refractivity contribution in [2.75, 3.05) is 6.61 Å². The third-order valence-electron chi connectivity index (χ3n) is 2.49. The third kappa shape index (κ3) is 5.95. The molecule has 0 fully saturated rings. The summed E-state index contributed by atoms with van der Waals surface area (Å²) in [7, 11) is 0. The zero-order valence-electron chi connectivity index (χ0n) is 10.7. The molecular formula is C12H8Cl9O. The van der Waals surface area contributed by atoms with Crippen molar-refractivity contribution < 1.29 is 4.74 Å². The predicted octanol–water partition coefficient (Wildman–Crippen LogP) is 7.71. The lowest BCUT2D eigenvalue weighted by Gasteiger charge is -2.26. The van der Waals surface area contributed by atoms with Crippen LogP contribution in [-0.4, -0.2) is 6.61 Å². The Labute approximate surface area is 173 Å². The molecule has 22 heavy (non-hydrogen) atoms. The molecule has 10 heteroatoms. The summed E-state index contributed by atoms with van der Waals surface area (Å²) in [6.07, 6.45) is 0. The SMILES string of the molecule is CCO[CH]c1c(C(Cl)(Cl)Cl)cc(C(Cl)(Cl)Cl)cc1C(Cl)(Cl)Cl. The molecule has 0 bridgehead atoms. The van der Waals surface area contributed by atoms with E-state index in [4.69, 9.17) is 109 Å². The average Bonchev–Trinajstić information content (AvgIpc) is 2.31. The Morgan fingerprint density at radius 1 is 0.818 bits per heavy atom. The maximum atomic E-state index is 5.98. The topological polar surface area (TPSA) is 9.23 Å². The number of alkyl halides is 9. The predicted molar refractivity (Wildman–Crippen MR) is 99.2 cm³/mol. The summed E-state index contributed by atoms with van der Waals surface area (Å²) < 4.78 is -0.247. The quantitative estimate of drug-likeness (QED) is 0.397. The summed E-state index contributed by atoms with van der Waals surface area (Å²) in [5, 5.41) is 0. The van der Waals surface area contributed by atoms with E-state index in [-0.39, 0.29) is 16.7 Å². The maximum absolute atomic E-state index is 5.98. The van der Waals surface area contributed by atoms with Gasteiger partial charge in [0.1, 0.15) is 6.61 Å². The Hall–Kier alpha value is 1.79. The fourth-order valence-corrected chi connectivity index (χ4v) is 2.85. The van der Waals surface area contributed by atoms with E-state index in [1.54, 1.807) is 6.92 Å². The van der Waals surface area contributed by atoms with Crippen molar-refractivity contribution in [3.8, 4) is 0 Å². The van der Waals surface area contributed by atoms with Gasteiger partial charge in [0.2, 0.25) is 11.4 Å². The number of benzene rings is 1. The van der Waals surface area contributed by atoms with E-state index in [0.717, 1.165) is 0 Å². The van der Waals surface area contributed by atoms with Crippen molar-refractivity contribution in [1.29, 1.82) is 0 Å². The average molecular weight is 487 g/mol. The van der Waals surface area contributed by atoms with Crippen LogP contribution in [0.15, 0.2) is 12.1 Å². The molecule has 1 aromatic rings. The van der Waals surface area contributed by atoms with E-state index in [2.05, 4.69) is 0 Å². The van der Waals surface area contributed by atoms with Gasteiger partial charge in [-0.3, -0.25) is 0 Å². The lowest BCUT2D eigenvalue weighted by atomic mass is 9.99. The number of hydrogen-bond donors (Lipinski definition) is 0. The van der Waals surface area contributed by atoms with E-state index in [1.165, 1.54) is 18.7 Å². The Morgan fingerprint density at radius 2 is 1.23 bits per heavy atom. The molecule has 0 saturated carbocycles. The van der Waals surface area contributed by atoms with Crippen LogP contribution >= 0.6 is 104 Å². The second kappa shape index (κ2) is 7.99. The first kappa shape index (κ1) is 21.8. The van der Waals surface area contributed by atoms with Gasteiger partial charge < -0.3 is 4.74 Å². The number of hydrogen-bond acceptors (Lipinski definition) is 1. The summed E-state index contributed by atoms with van der Waals surface area (Å²) in [5.74, 6) is 0. The molecule has 1 aromatic carbocycles. The summed E-state index contributed by atoms with van der Waals surface area (Å²) in [6.45, 7) is 3.47. The van der Waals surface area contributed by atoms with Gasteiger partial charge in [-0.1, -0.05) is 104 Å². The molecule has 0 spiro atoms. The highest BCUT2D eigenvalue weighted by atomic mass is 35.6. The molecule has 0 saturated heterocycles. The van der Waals surface area contributed by atoms with Crippen LogP contribution in [0.5, 0.6) is 0 Å². The van der Waals surface area contributed by atoms with E-state index >= 15 is 0 Å². The van der Waals surface area contributed by atoms with Crippen molar-refractivity contribution in [2.24, 2.45) is 0 Å². The van der Waals surface area contributed by atoms with Gasteiger partial charge in [-0.25, -0.2) is 0 Å². The van der Waals surface area contributed by atoms with Gasteiger partial charge in [0.05, 0.1) is 0 Å². The van der Waals surface area contributed by atoms with Crippen molar-refractivity contribution in [2.45, 2.75) is 18.3 Å². The fourth-order valence-electron chi connectivity index (χ4n) is 1.58. The largest absolute Gasteiger partial charge is 0.371 e. The van der Waals surface area contributed by atoms with Crippen LogP contribution in [0.4, 0.5) is 0 Å². The van der Waals surface area contributed by atoms with Gasteiger partial charge in [-0.15, -0.1) is 0 Å². The van der Waals surface area contributed by atoms with Gasteiger partial charge in [-0.2, -0.15) is 0 Å². The van der Waals surface area contributed by atoms with Gasteiger partial charge >= 0.3 is 0 Å². The Morgan fingerprint density at radius 3 is 1.50 bits per heavy atom. The molecule has 0 atom stereocenters. The molecule has 0 aliphatic rings. The highest BCUT2D eigenvalue weighted by molar-refractivity contribution is 6.68. The van der Waals surface area contributed by atoms with Crippen molar-refractivity contribution >= 4 is 104 Å². The van der Waals surface area contributed by atoms with Crippen molar-refractivity contribution in [1.82, 2.24) is 0 Å². The third-order valence-corrected chi connectivity index (χ3v) is 4.36. The smallest absolute Gasteiger partial charge is 0.216 e. The number of halogens is 9. The minimum atomic E-state index is -1.85. The molecule has 0 heterocycles. The van der Waals surface area contributed by atoms with E-state index in [1.807, 2.05) is 0 Å². The lowest BCUT2D eigenvalue weighted by Crippen LogP contribution is -2.16. The summed E-state index contributed by atoms with van der Waals surface area (Å²) in [4.78, 5) is 0. The van der Waals surface area contributed by atoms with Crippen LogP contribution in [0.2, 0.25) is 0 Å². The molecule has 1 rings (SSSR count). The van der Waals surface area contributed by atoms with Gasteiger partial charge in [0.25, 0.3) is 0 Å². The molecule has 0 N–H and O–H groups in total. The first-order chi connectivity index (χ1) is 9.78. The first-order valence-electron chi connectivity index (χ1n) is 5.63. The molecule has 0 aromatic heterocycles. The zero-order valence-corrected chi connectivity index (χ0v) is 17.6. The lowest BCUT2D eigenvalue weighted by molar-refractivity contribution is 0.229.